The van der Waals surface area contributed by atoms with E-state index >= 15 is 0 Å². The normalized spacial score (nSPS) is 22.2. The van der Waals surface area contributed by atoms with Gasteiger partial charge in [-0.1, -0.05) is 12.1 Å². The average Bonchev–Trinajstić information content (AvgIpc) is 2.70. The van der Waals surface area contributed by atoms with Gasteiger partial charge in [0.1, 0.15) is 5.82 Å². The molecule has 0 saturated carbocycles. The molecule has 0 aliphatic carbocycles. The van der Waals surface area contributed by atoms with Crippen LogP contribution in [0, 0.1) is 12.3 Å². The van der Waals surface area contributed by atoms with E-state index in [1.54, 1.807) is 7.11 Å². The summed E-state index contributed by atoms with van der Waals surface area (Å²) < 4.78 is 5.14. The van der Waals surface area contributed by atoms with Crippen LogP contribution >= 0.6 is 0 Å². The Morgan fingerprint density at radius 3 is 2.90 bits per heavy atom. The molecule has 0 bridgehead atoms. The smallest absolute Gasteiger partial charge is 0.232 e. The first-order valence-corrected chi connectivity index (χ1v) is 10.3. The fourth-order valence-electron chi connectivity index (χ4n) is 4.04. The first kappa shape index (κ1) is 22.4. The van der Waals surface area contributed by atoms with Crippen LogP contribution in [0.2, 0.25) is 0 Å². The number of ether oxygens (including phenoxy) is 1. The van der Waals surface area contributed by atoms with Gasteiger partial charge in [-0.3, -0.25) is 4.90 Å². The van der Waals surface area contributed by atoms with Crippen molar-refractivity contribution in [2.45, 2.75) is 38.8 Å². The molecule has 1 aromatic heterocycles. The fraction of sp³-hybridized carbons (Fsp3) is 0.571. The second-order valence-electron chi connectivity index (χ2n) is 8.06. The first-order chi connectivity index (χ1) is 14.4. The fourth-order valence-corrected chi connectivity index (χ4v) is 4.04. The number of nitrogens with two attached hydrogens (primary N) is 1. The van der Waals surface area contributed by atoms with Crippen LogP contribution < -0.4 is 11.1 Å². The number of aryl methyl sites for hydroxylation is 1. The van der Waals surface area contributed by atoms with Crippen molar-refractivity contribution in [3.63, 3.8) is 0 Å². The summed E-state index contributed by atoms with van der Waals surface area (Å²) in [6, 6.07) is 7.92. The van der Waals surface area contributed by atoms with Gasteiger partial charge < -0.3 is 26.0 Å². The minimum Gasteiger partial charge on any atom is -0.396 e. The van der Waals surface area contributed by atoms with E-state index in [2.05, 4.69) is 25.2 Å². The van der Waals surface area contributed by atoms with Gasteiger partial charge in [-0.25, -0.2) is 0 Å². The zero-order chi connectivity index (χ0) is 21.6. The number of aromatic nitrogens is 3. The van der Waals surface area contributed by atoms with Gasteiger partial charge in [-0.2, -0.15) is 15.0 Å². The Morgan fingerprint density at radius 1 is 1.33 bits per heavy atom. The Kier molecular flexibility index (Phi) is 7.54. The Morgan fingerprint density at radius 2 is 2.17 bits per heavy atom. The van der Waals surface area contributed by atoms with Crippen molar-refractivity contribution in [3.05, 3.63) is 35.7 Å². The molecule has 30 heavy (non-hydrogen) atoms. The maximum absolute atomic E-state index is 10.6. The molecule has 1 saturated heterocycles. The number of rotatable bonds is 9. The number of nitrogens with one attached hydrogen (secondary N) is 1. The molecule has 9 heteroatoms. The molecule has 3 rings (SSSR count). The van der Waals surface area contributed by atoms with E-state index in [1.807, 2.05) is 31.2 Å². The van der Waals surface area contributed by atoms with Gasteiger partial charge in [0.05, 0.1) is 19.3 Å². The number of piperidine rings is 1. The van der Waals surface area contributed by atoms with E-state index in [0.29, 0.717) is 50.9 Å². The second kappa shape index (κ2) is 10.1. The third-order valence-corrected chi connectivity index (χ3v) is 5.64. The molecule has 1 aromatic carbocycles. The standard InChI is InChI=1S/C21H32N6O3/c1-15-5-3-6-16(11-15)23-20-25-18(24-19(22)26-20)12-27-9-7-17(29)21(13-27,14-28)8-4-10-30-2/h3,5-6,11,17,28-29H,4,7-10,12-14H2,1-2H3,(H3,22,23,24,25,26)/t17-,21+/m1/s1. The zero-order valence-corrected chi connectivity index (χ0v) is 17.7. The van der Waals surface area contributed by atoms with E-state index in [-0.39, 0.29) is 12.6 Å². The van der Waals surface area contributed by atoms with Crippen LogP contribution in [0.1, 0.15) is 30.7 Å². The second-order valence-corrected chi connectivity index (χ2v) is 8.06. The summed E-state index contributed by atoms with van der Waals surface area (Å²) >= 11 is 0. The van der Waals surface area contributed by atoms with Crippen molar-refractivity contribution in [2.24, 2.45) is 5.41 Å². The SMILES string of the molecule is COCCC[C@@]1(CO)CN(Cc2nc(N)nc(Nc3cccc(C)c3)n2)CC[C@H]1O. The highest BCUT2D eigenvalue weighted by Gasteiger charge is 2.42. The van der Waals surface area contributed by atoms with Crippen molar-refractivity contribution in [1.29, 1.82) is 0 Å². The molecule has 1 aliphatic rings. The van der Waals surface area contributed by atoms with Crippen molar-refractivity contribution < 1.29 is 14.9 Å². The van der Waals surface area contributed by atoms with E-state index in [4.69, 9.17) is 10.5 Å². The predicted molar refractivity (Wildman–Crippen MR) is 115 cm³/mol. The van der Waals surface area contributed by atoms with Gasteiger partial charge in [0.2, 0.25) is 11.9 Å². The number of likely N-dealkylation sites (tertiary alicyclic amines) is 1. The molecule has 0 spiro atoms. The highest BCUT2D eigenvalue weighted by Crippen LogP contribution is 2.35. The molecule has 0 radical (unpaired) electrons. The first-order valence-electron chi connectivity index (χ1n) is 10.3. The number of hydrogen-bond donors (Lipinski definition) is 4. The molecule has 1 fully saturated rings. The summed E-state index contributed by atoms with van der Waals surface area (Å²) in [7, 11) is 1.66. The molecule has 2 atom stereocenters. The molecule has 2 aromatic rings. The summed E-state index contributed by atoms with van der Waals surface area (Å²) in [5.74, 6) is 1.10. The van der Waals surface area contributed by atoms with Crippen LogP contribution in [-0.4, -0.2) is 69.6 Å². The molecule has 0 amide bonds. The lowest BCUT2D eigenvalue weighted by atomic mass is 9.74. The van der Waals surface area contributed by atoms with Gasteiger partial charge >= 0.3 is 0 Å². The van der Waals surface area contributed by atoms with Gasteiger partial charge in [-0.05, 0) is 43.9 Å². The van der Waals surface area contributed by atoms with E-state index < -0.39 is 11.5 Å². The maximum Gasteiger partial charge on any atom is 0.232 e. The van der Waals surface area contributed by atoms with Crippen LogP contribution in [0.15, 0.2) is 24.3 Å². The number of methoxy groups -OCH3 is 1. The zero-order valence-electron chi connectivity index (χ0n) is 17.7. The topological polar surface area (TPSA) is 130 Å². The summed E-state index contributed by atoms with van der Waals surface area (Å²) in [6.45, 7) is 4.26. The Hall–Kier alpha value is -2.33. The lowest BCUT2D eigenvalue weighted by molar-refractivity contribution is -0.0847. The van der Waals surface area contributed by atoms with Gasteiger partial charge in [0.25, 0.3) is 0 Å². The maximum atomic E-state index is 10.6. The molecular weight excluding hydrogens is 384 g/mol. The lowest BCUT2D eigenvalue weighted by Crippen LogP contribution is -2.53. The molecular formula is C21H32N6O3. The third-order valence-electron chi connectivity index (χ3n) is 5.64. The number of anilines is 3. The molecule has 9 nitrogen and oxygen atoms in total. The highest BCUT2D eigenvalue weighted by atomic mass is 16.5. The Labute approximate surface area is 177 Å². The molecule has 2 heterocycles. The quantitative estimate of drug-likeness (QED) is 0.449. The Balaban J connectivity index is 1.71. The summed E-state index contributed by atoms with van der Waals surface area (Å²) in [5.41, 5.74) is 7.35. The number of aliphatic hydroxyl groups excluding tert-OH is 2. The number of benzene rings is 1. The average molecular weight is 417 g/mol. The van der Waals surface area contributed by atoms with Crippen molar-refractivity contribution >= 4 is 17.6 Å². The van der Waals surface area contributed by atoms with E-state index in [0.717, 1.165) is 17.7 Å². The molecule has 0 unspecified atom stereocenters. The van der Waals surface area contributed by atoms with E-state index in [9.17, 15) is 10.2 Å². The largest absolute Gasteiger partial charge is 0.396 e. The number of nitrogen functional groups attached to an aromatic ring is 1. The predicted octanol–water partition coefficient (Wildman–Crippen LogP) is 1.48. The monoisotopic (exact) mass is 416 g/mol. The van der Waals surface area contributed by atoms with Gasteiger partial charge in [0.15, 0.2) is 0 Å². The number of nitrogens with zero attached hydrogens (tertiary/aromatic N) is 4. The molecule has 164 valence electrons. The van der Waals surface area contributed by atoms with Gasteiger partial charge in [0, 0.05) is 37.9 Å². The summed E-state index contributed by atoms with van der Waals surface area (Å²) in [6.07, 6.45) is 1.51. The molecule has 1 aliphatic heterocycles. The summed E-state index contributed by atoms with van der Waals surface area (Å²) in [4.78, 5) is 15.1. The van der Waals surface area contributed by atoms with E-state index in [1.165, 1.54) is 0 Å². The minimum absolute atomic E-state index is 0.0755. The van der Waals surface area contributed by atoms with Crippen molar-refractivity contribution in [1.82, 2.24) is 19.9 Å². The van der Waals surface area contributed by atoms with Crippen LogP contribution in [-0.2, 0) is 11.3 Å². The van der Waals surface area contributed by atoms with Crippen molar-refractivity contribution in [3.8, 4) is 0 Å². The third kappa shape index (κ3) is 5.63. The van der Waals surface area contributed by atoms with Crippen LogP contribution in [0.5, 0.6) is 0 Å². The van der Waals surface area contributed by atoms with Gasteiger partial charge in [-0.15, -0.1) is 0 Å². The van der Waals surface area contributed by atoms with Crippen LogP contribution in [0.25, 0.3) is 0 Å². The number of hydrogen-bond acceptors (Lipinski definition) is 9. The number of aliphatic hydroxyl groups is 2. The molecule has 5 N–H and O–H groups in total. The summed E-state index contributed by atoms with van der Waals surface area (Å²) in [5, 5.41) is 23.8. The lowest BCUT2D eigenvalue weighted by Gasteiger charge is -2.45. The van der Waals surface area contributed by atoms with Crippen LogP contribution in [0.3, 0.4) is 0 Å². The Bertz CT molecular complexity index is 836. The minimum atomic E-state index is -0.571. The highest BCUT2D eigenvalue weighted by molar-refractivity contribution is 5.54. The van der Waals surface area contributed by atoms with Crippen molar-refractivity contribution in [2.75, 3.05) is 44.5 Å². The van der Waals surface area contributed by atoms with Crippen LogP contribution in [0.4, 0.5) is 17.6 Å².